The van der Waals surface area contributed by atoms with E-state index in [0.717, 1.165) is 11.4 Å². The molecule has 1 amide bonds. The quantitative estimate of drug-likeness (QED) is 0.580. The predicted octanol–water partition coefficient (Wildman–Crippen LogP) is 2.53. The Balaban J connectivity index is 2.08. The number of thiazole rings is 1. The molecule has 0 spiro atoms. The van der Waals surface area contributed by atoms with Crippen LogP contribution in [0.25, 0.3) is 0 Å². The molecule has 0 bridgehead atoms. The molecule has 1 unspecified atom stereocenters. The first-order valence-corrected chi connectivity index (χ1v) is 7.62. The molecular weight excluding hydrogens is 310 g/mol. The molecule has 2 aromatic rings. The summed E-state index contributed by atoms with van der Waals surface area (Å²) in [6.45, 7) is 3.96. The lowest BCUT2D eigenvalue weighted by Gasteiger charge is -2.11. The average Bonchev–Trinajstić information content (AvgIpc) is 2.96. The van der Waals surface area contributed by atoms with E-state index in [1.54, 1.807) is 11.3 Å². The van der Waals surface area contributed by atoms with E-state index in [0.29, 0.717) is 16.4 Å². The number of nitrogens with two attached hydrogens (primary N) is 1. The van der Waals surface area contributed by atoms with Gasteiger partial charge < -0.3 is 10.7 Å². The maximum Gasteiger partial charge on any atom is 0.253 e. The first-order valence-electron chi connectivity index (χ1n) is 6.42. The highest BCUT2D eigenvalue weighted by molar-refractivity contribution is 7.11. The fourth-order valence-corrected chi connectivity index (χ4v) is 2.78. The molecule has 0 saturated carbocycles. The lowest BCUT2D eigenvalue weighted by atomic mass is 10.2. The minimum Gasteiger partial charge on any atom is -0.343 e. The van der Waals surface area contributed by atoms with Crippen LogP contribution in [-0.4, -0.2) is 15.9 Å². The summed E-state index contributed by atoms with van der Waals surface area (Å²) in [6.07, 6.45) is 4.19. The molecule has 4 N–H and O–H groups in total. The van der Waals surface area contributed by atoms with Gasteiger partial charge in [-0.1, -0.05) is 18.5 Å². The van der Waals surface area contributed by atoms with Crippen LogP contribution in [0.4, 0.5) is 5.82 Å². The number of aromatic nitrogens is 2. The van der Waals surface area contributed by atoms with Gasteiger partial charge >= 0.3 is 0 Å². The van der Waals surface area contributed by atoms with Gasteiger partial charge in [0.15, 0.2) is 5.82 Å². The lowest BCUT2D eigenvalue weighted by molar-refractivity contribution is 0.0939. The third kappa shape index (κ3) is 3.69. The van der Waals surface area contributed by atoms with E-state index < -0.39 is 0 Å². The number of halogens is 1. The molecule has 2 aromatic heterocycles. The van der Waals surface area contributed by atoms with Gasteiger partial charge in [-0.25, -0.2) is 15.8 Å². The molecule has 0 aliphatic carbocycles. The third-order valence-electron chi connectivity index (χ3n) is 2.88. The Kier molecular flexibility index (Phi) is 5.11. The zero-order chi connectivity index (χ0) is 15.4. The van der Waals surface area contributed by atoms with Crippen LogP contribution in [0.2, 0.25) is 5.02 Å². The number of anilines is 1. The van der Waals surface area contributed by atoms with Crippen molar-refractivity contribution in [2.45, 2.75) is 26.3 Å². The van der Waals surface area contributed by atoms with Crippen molar-refractivity contribution in [1.82, 2.24) is 15.3 Å². The molecule has 2 heterocycles. The second-order valence-corrected chi connectivity index (χ2v) is 5.97. The normalized spacial score (nSPS) is 12.0. The molecule has 0 aliphatic rings. The monoisotopic (exact) mass is 325 g/mol. The van der Waals surface area contributed by atoms with Crippen molar-refractivity contribution in [2.75, 3.05) is 5.43 Å². The number of carbonyl (C=O) groups excluding carboxylic acids is 1. The molecule has 21 heavy (non-hydrogen) atoms. The lowest BCUT2D eigenvalue weighted by Crippen LogP contribution is -2.26. The van der Waals surface area contributed by atoms with Gasteiger partial charge in [0, 0.05) is 17.3 Å². The Morgan fingerprint density at radius 1 is 1.48 bits per heavy atom. The maximum absolute atomic E-state index is 12.2. The molecular formula is C13H16ClN5OS. The first kappa shape index (κ1) is 15.7. The van der Waals surface area contributed by atoms with Gasteiger partial charge in [-0.15, -0.1) is 11.3 Å². The second-order valence-electron chi connectivity index (χ2n) is 4.41. The number of rotatable bonds is 5. The van der Waals surface area contributed by atoms with Crippen molar-refractivity contribution in [3.8, 4) is 0 Å². The summed E-state index contributed by atoms with van der Waals surface area (Å²) in [7, 11) is 0. The second kappa shape index (κ2) is 6.84. The van der Waals surface area contributed by atoms with Crippen molar-refractivity contribution in [3.63, 3.8) is 0 Å². The zero-order valence-electron chi connectivity index (χ0n) is 11.7. The molecule has 112 valence electrons. The number of amides is 1. The van der Waals surface area contributed by atoms with Gasteiger partial charge in [-0.3, -0.25) is 4.79 Å². The van der Waals surface area contributed by atoms with Crippen LogP contribution in [-0.2, 0) is 6.42 Å². The van der Waals surface area contributed by atoms with Crippen LogP contribution < -0.4 is 16.6 Å². The SMILES string of the molecule is CCc1cnc(C(C)NC(=O)c2cnc(NN)c(Cl)c2)s1. The largest absolute Gasteiger partial charge is 0.343 e. The predicted molar refractivity (Wildman–Crippen MR) is 84.4 cm³/mol. The van der Waals surface area contributed by atoms with Crippen LogP contribution in [0.15, 0.2) is 18.5 Å². The number of nitrogens with one attached hydrogen (secondary N) is 2. The Labute approximate surface area is 131 Å². The highest BCUT2D eigenvalue weighted by Crippen LogP contribution is 2.22. The molecule has 0 aromatic carbocycles. The van der Waals surface area contributed by atoms with Gasteiger partial charge in [0.25, 0.3) is 5.91 Å². The van der Waals surface area contributed by atoms with E-state index >= 15 is 0 Å². The Morgan fingerprint density at radius 2 is 2.24 bits per heavy atom. The molecule has 0 saturated heterocycles. The van der Waals surface area contributed by atoms with Crippen LogP contribution in [0.1, 0.15) is 40.1 Å². The summed E-state index contributed by atoms with van der Waals surface area (Å²) in [5.74, 6) is 5.32. The number of nitrogen functional groups attached to an aromatic ring is 1. The van der Waals surface area contributed by atoms with E-state index in [9.17, 15) is 4.79 Å². The van der Waals surface area contributed by atoms with Gasteiger partial charge in [-0.05, 0) is 19.4 Å². The molecule has 2 rings (SSSR count). The summed E-state index contributed by atoms with van der Waals surface area (Å²) in [4.78, 5) is 21.6. The molecule has 0 aliphatic heterocycles. The molecule has 1 atom stereocenters. The number of aryl methyl sites for hydroxylation is 1. The number of nitrogens with zero attached hydrogens (tertiary/aromatic N) is 2. The number of hydrazine groups is 1. The van der Waals surface area contributed by atoms with Crippen LogP contribution in [0.5, 0.6) is 0 Å². The summed E-state index contributed by atoms with van der Waals surface area (Å²) in [5, 5.41) is 4.04. The van der Waals surface area contributed by atoms with Crippen molar-refractivity contribution in [2.24, 2.45) is 5.84 Å². The Hall–Kier alpha value is -1.70. The average molecular weight is 326 g/mol. The van der Waals surface area contributed by atoms with E-state index in [4.69, 9.17) is 17.4 Å². The molecule has 6 nitrogen and oxygen atoms in total. The highest BCUT2D eigenvalue weighted by atomic mass is 35.5. The van der Waals surface area contributed by atoms with E-state index in [-0.39, 0.29) is 11.9 Å². The fourth-order valence-electron chi connectivity index (χ4n) is 1.70. The van der Waals surface area contributed by atoms with Crippen molar-refractivity contribution in [3.05, 3.63) is 38.9 Å². The smallest absolute Gasteiger partial charge is 0.253 e. The van der Waals surface area contributed by atoms with E-state index in [2.05, 4.69) is 27.6 Å². The van der Waals surface area contributed by atoms with E-state index in [1.807, 2.05) is 13.1 Å². The highest BCUT2D eigenvalue weighted by Gasteiger charge is 2.15. The van der Waals surface area contributed by atoms with Crippen molar-refractivity contribution < 1.29 is 4.79 Å². The van der Waals surface area contributed by atoms with Gasteiger partial charge in [-0.2, -0.15) is 0 Å². The van der Waals surface area contributed by atoms with Gasteiger partial charge in [0.05, 0.1) is 16.6 Å². The fraction of sp³-hybridized carbons (Fsp3) is 0.308. The number of pyridine rings is 1. The minimum absolute atomic E-state index is 0.172. The number of hydrogen-bond acceptors (Lipinski definition) is 6. The van der Waals surface area contributed by atoms with Crippen LogP contribution >= 0.6 is 22.9 Å². The molecule has 0 radical (unpaired) electrons. The summed E-state index contributed by atoms with van der Waals surface area (Å²) in [6, 6.07) is 1.35. The van der Waals surface area contributed by atoms with Crippen molar-refractivity contribution in [1.29, 1.82) is 0 Å². The standard InChI is InChI=1S/C13H16ClN5OS/c1-3-9-6-17-13(21-9)7(2)18-12(20)8-4-10(14)11(19-15)16-5-8/h4-7H,3,15H2,1-2H3,(H,16,19)(H,18,20). The number of hydrogen-bond donors (Lipinski definition) is 3. The summed E-state index contributed by atoms with van der Waals surface area (Å²) in [5.41, 5.74) is 2.73. The third-order valence-corrected chi connectivity index (χ3v) is 4.49. The minimum atomic E-state index is -0.256. The molecule has 8 heteroatoms. The Bertz CT molecular complexity index is 645. The first-order chi connectivity index (χ1) is 10.0. The number of carbonyl (C=O) groups is 1. The van der Waals surface area contributed by atoms with Crippen molar-refractivity contribution >= 4 is 34.7 Å². The van der Waals surface area contributed by atoms with Crippen LogP contribution in [0, 0.1) is 0 Å². The van der Waals surface area contributed by atoms with Gasteiger partial charge in [0.1, 0.15) is 5.01 Å². The summed E-state index contributed by atoms with van der Waals surface area (Å²) >= 11 is 7.55. The topological polar surface area (TPSA) is 92.9 Å². The van der Waals surface area contributed by atoms with E-state index in [1.165, 1.54) is 17.1 Å². The zero-order valence-corrected chi connectivity index (χ0v) is 13.3. The van der Waals surface area contributed by atoms with Gasteiger partial charge in [0.2, 0.25) is 0 Å². The van der Waals surface area contributed by atoms with Crippen LogP contribution in [0.3, 0.4) is 0 Å². The molecule has 0 fully saturated rings. The summed E-state index contributed by atoms with van der Waals surface area (Å²) < 4.78 is 0. The Morgan fingerprint density at radius 3 is 2.81 bits per heavy atom. The maximum atomic E-state index is 12.2.